The topological polar surface area (TPSA) is 24.1 Å². The molecule has 0 amide bonds. The Bertz CT molecular complexity index is 369. The molecule has 1 aromatic rings. The van der Waals surface area contributed by atoms with Crippen molar-refractivity contribution >= 4 is 5.69 Å². The summed E-state index contributed by atoms with van der Waals surface area (Å²) in [5.74, 6) is 0.859. The molecule has 1 saturated heterocycles. The SMILES string of the molecule is Cc1cc(C)c(NCCC2CCCNC2)c(C)c1. The Labute approximate surface area is 111 Å². The van der Waals surface area contributed by atoms with Crippen molar-refractivity contribution in [3.8, 4) is 0 Å². The molecule has 100 valence electrons. The summed E-state index contributed by atoms with van der Waals surface area (Å²) >= 11 is 0. The number of hydrogen-bond acceptors (Lipinski definition) is 2. The van der Waals surface area contributed by atoms with Crippen molar-refractivity contribution in [1.29, 1.82) is 0 Å². The van der Waals surface area contributed by atoms with Crippen LogP contribution in [-0.2, 0) is 0 Å². The molecule has 0 bridgehead atoms. The molecule has 2 rings (SSSR count). The molecule has 0 aromatic heterocycles. The number of piperidine rings is 1. The lowest BCUT2D eigenvalue weighted by Crippen LogP contribution is -2.30. The molecular formula is C16H26N2. The zero-order valence-corrected chi connectivity index (χ0v) is 12.0. The van der Waals surface area contributed by atoms with E-state index in [1.807, 2.05) is 0 Å². The van der Waals surface area contributed by atoms with Gasteiger partial charge >= 0.3 is 0 Å². The molecule has 0 aliphatic carbocycles. The number of anilines is 1. The lowest BCUT2D eigenvalue weighted by Gasteiger charge is -2.23. The van der Waals surface area contributed by atoms with Gasteiger partial charge < -0.3 is 10.6 Å². The first-order valence-corrected chi connectivity index (χ1v) is 7.19. The number of benzene rings is 1. The third-order valence-electron chi connectivity index (χ3n) is 3.93. The smallest absolute Gasteiger partial charge is 0.0399 e. The fourth-order valence-electron chi connectivity index (χ4n) is 3.03. The van der Waals surface area contributed by atoms with Crippen LogP contribution in [0.3, 0.4) is 0 Å². The van der Waals surface area contributed by atoms with E-state index in [1.165, 1.54) is 54.7 Å². The van der Waals surface area contributed by atoms with Crippen LogP contribution in [0, 0.1) is 26.7 Å². The first-order chi connectivity index (χ1) is 8.66. The molecule has 2 N–H and O–H groups in total. The van der Waals surface area contributed by atoms with Gasteiger partial charge in [-0.2, -0.15) is 0 Å². The Balaban J connectivity index is 1.86. The Morgan fingerprint density at radius 1 is 1.22 bits per heavy atom. The van der Waals surface area contributed by atoms with E-state index < -0.39 is 0 Å². The number of rotatable bonds is 4. The maximum atomic E-state index is 3.63. The first kappa shape index (κ1) is 13.4. The third kappa shape index (κ3) is 3.49. The molecule has 1 aromatic carbocycles. The van der Waals surface area contributed by atoms with Gasteiger partial charge in [0, 0.05) is 12.2 Å². The highest BCUT2D eigenvalue weighted by Crippen LogP contribution is 2.22. The minimum absolute atomic E-state index is 0.859. The summed E-state index contributed by atoms with van der Waals surface area (Å²) in [6, 6.07) is 4.52. The maximum Gasteiger partial charge on any atom is 0.0399 e. The fraction of sp³-hybridized carbons (Fsp3) is 0.625. The van der Waals surface area contributed by atoms with Crippen LogP contribution in [-0.4, -0.2) is 19.6 Å². The maximum absolute atomic E-state index is 3.63. The van der Waals surface area contributed by atoms with Crippen LogP contribution in [0.5, 0.6) is 0 Å². The van der Waals surface area contributed by atoms with E-state index in [4.69, 9.17) is 0 Å². The highest BCUT2D eigenvalue weighted by molar-refractivity contribution is 5.58. The second-order valence-corrected chi connectivity index (χ2v) is 5.70. The summed E-state index contributed by atoms with van der Waals surface area (Å²) in [7, 11) is 0. The van der Waals surface area contributed by atoms with Gasteiger partial charge in [-0.25, -0.2) is 0 Å². The summed E-state index contributed by atoms with van der Waals surface area (Å²) in [6.45, 7) is 10.1. The predicted molar refractivity (Wildman–Crippen MR) is 79.4 cm³/mol. The lowest BCUT2D eigenvalue weighted by atomic mass is 9.96. The summed E-state index contributed by atoms with van der Waals surface area (Å²) in [5.41, 5.74) is 5.43. The number of nitrogens with one attached hydrogen (secondary N) is 2. The van der Waals surface area contributed by atoms with E-state index >= 15 is 0 Å². The average Bonchev–Trinajstić information content (AvgIpc) is 2.34. The van der Waals surface area contributed by atoms with Crippen molar-refractivity contribution in [2.45, 2.75) is 40.0 Å². The van der Waals surface area contributed by atoms with E-state index in [2.05, 4.69) is 43.5 Å². The molecule has 0 radical (unpaired) electrons. The van der Waals surface area contributed by atoms with Crippen molar-refractivity contribution < 1.29 is 0 Å². The molecule has 1 unspecified atom stereocenters. The van der Waals surface area contributed by atoms with Gasteiger partial charge in [0.15, 0.2) is 0 Å². The molecule has 2 nitrogen and oxygen atoms in total. The number of aryl methyl sites for hydroxylation is 3. The van der Waals surface area contributed by atoms with E-state index in [0.717, 1.165) is 12.5 Å². The van der Waals surface area contributed by atoms with Crippen molar-refractivity contribution in [3.63, 3.8) is 0 Å². The van der Waals surface area contributed by atoms with Crippen molar-refractivity contribution in [3.05, 3.63) is 28.8 Å². The van der Waals surface area contributed by atoms with Crippen LogP contribution < -0.4 is 10.6 Å². The molecule has 1 fully saturated rings. The molecule has 1 heterocycles. The Hall–Kier alpha value is -1.02. The Kier molecular flexibility index (Phi) is 4.65. The molecule has 1 aliphatic heterocycles. The van der Waals surface area contributed by atoms with Crippen molar-refractivity contribution in [2.24, 2.45) is 5.92 Å². The summed E-state index contributed by atoms with van der Waals surface area (Å²) in [5, 5.41) is 7.11. The second kappa shape index (κ2) is 6.24. The van der Waals surface area contributed by atoms with Crippen LogP contribution in [0.1, 0.15) is 36.0 Å². The van der Waals surface area contributed by atoms with Crippen LogP contribution in [0.2, 0.25) is 0 Å². The van der Waals surface area contributed by atoms with Gasteiger partial charge in [0.2, 0.25) is 0 Å². The normalized spacial score (nSPS) is 19.8. The van der Waals surface area contributed by atoms with E-state index in [9.17, 15) is 0 Å². The third-order valence-corrected chi connectivity index (χ3v) is 3.93. The zero-order valence-electron chi connectivity index (χ0n) is 12.0. The van der Waals surface area contributed by atoms with Gasteiger partial charge in [-0.3, -0.25) is 0 Å². The molecule has 1 aliphatic rings. The van der Waals surface area contributed by atoms with Gasteiger partial charge in [0.25, 0.3) is 0 Å². The number of hydrogen-bond donors (Lipinski definition) is 2. The van der Waals surface area contributed by atoms with Gasteiger partial charge in [-0.15, -0.1) is 0 Å². The summed E-state index contributed by atoms with van der Waals surface area (Å²) in [6.07, 6.45) is 4.01. The van der Waals surface area contributed by atoms with Gasteiger partial charge in [0.05, 0.1) is 0 Å². The minimum atomic E-state index is 0.859. The molecule has 18 heavy (non-hydrogen) atoms. The quantitative estimate of drug-likeness (QED) is 0.850. The monoisotopic (exact) mass is 246 g/mol. The van der Waals surface area contributed by atoms with Gasteiger partial charge in [0.1, 0.15) is 0 Å². The molecular weight excluding hydrogens is 220 g/mol. The molecule has 1 atom stereocenters. The zero-order chi connectivity index (χ0) is 13.0. The van der Waals surface area contributed by atoms with Crippen LogP contribution >= 0.6 is 0 Å². The van der Waals surface area contributed by atoms with E-state index in [-0.39, 0.29) is 0 Å². The molecule has 0 saturated carbocycles. The first-order valence-electron chi connectivity index (χ1n) is 7.19. The molecule has 2 heteroatoms. The largest absolute Gasteiger partial charge is 0.385 e. The molecule has 0 spiro atoms. The highest BCUT2D eigenvalue weighted by Gasteiger charge is 2.12. The van der Waals surface area contributed by atoms with Gasteiger partial charge in [-0.05, 0) is 70.2 Å². The van der Waals surface area contributed by atoms with E-state index in [1.54, 1.807) is 0 Å². The Morgan fingerprint density at radius 3 is 2.56 bits per heavy atom. The average molecular weight is 246 g/mol. The van der Waals surface area contributed by atoms with E-state index in [0.29, 0.717) is 0 Å². The van der Waals surface area contributed by atoms with Crippen molar-refractivity contribution in [1.82, 2.24) is 5.32 Å². The van der Waals surface area contributed by atoms with Crippen molar-refractivity contribution in [2.75, 3.05) is 25.0 Å². The predicted octanol–water partition coefficient (Wildman–Crippen LogP) is 3.41. The fourth-order valence-corrected chi connectivity index (χ4v) is 3.03. The van der Waals surface area contributed by atoms with Crippen LogP contribution in [0.25, 0.3) is 0 Å². The summed E-state index contributed by atoms with van der Waals surface area (Å²) in [4.78, 5) is 0. The van der Waals surface area contributed by atoms with Crippen LogP contribution in [0.4, 0.5) is 5.69 Å². The lowest BCUT2D eigenvalue weighted by molar-refractivity contribution is 0.364. The van der Waals surface area contributed by atoms with Gasteiger partial charge in [-0.1, -0.05) is 17.7 Å². The minimum Gasteiger partial charge on any atom is -0.385 e. The van der Waals surface area contributed by atoms with Crippen LogP contribution in [0.15, 0.2) is 12.1 Å². The highest BCUT2D eigenvalue weighted by atomic mass is 14.9. The summed E-state index contributed by atoms with van der Waals surface area (Å²) < 4.78 is 0. The standard InChI is InChI=1S/C16H26N2/c1-12-9-13(2)16(14(3)10-12)18-8-6-15-5-4-7-17-11-15/h9-10,15,17-18H,4-8,11H2,1-3H3. The Morgan fingerprint density at radius 2 is 1.94 bits per heavy atom. The second-order valence-electron chi connectivity index (χ2n) is 5.70.